The molecule has 0 spiro atoms. The van der Waals surface area contributed by atoms with Crippen molar-refractivity contribution in [3.63, 3.8) is 0 Å². The number of benzene rings is 1. The van der Waals surface area contributed by atoms with Gasteiger partial charge in [-0.25, -0.2) is 0 Å². The van der Waals surface area contributed by atoms with E-state index in [1.165, 1.54) is 11.3 Å². The van der Waals surface area contributed by atoms with Gasteiger partial charge in [0.1, 0.15) is 0 Å². The van der Waals surface area contributed by atoms with Crippen LogP contribution in [-0.2, 0) is 4.79 Å². The van der Waals surface area contributed by atoms with Gasteiger partial charge in [-0.3, -0.25) is 9.59 Å². The fraction of sp³-hybridized carbons (Fsp3) is 0.143. The number of hydrogen-bond acceptors (Lipinski definition) is 3. The first-order chi connectivity index (χ1) is 9.08. The molecule has 0 aliphatic heterocycles. The van der Waals surface area contributed by atoms with Gasteiger partial charge in [0.15, 0.2) is 5.78 Å². The number of carbonyl (C=O) groups is 2. The van der Waals surface area contributed by atoms with Crippen molar-refractivity contribution < 1.29 is 14.7 Å². The minimum absolute atomic E-state index is 0.155. The van der Waals surface area contributed by atoms with E-state index >= 15 is 0 Å². The molecule has 2 aromatic rings. The number of rotatable bonds is 5. The number of carboxylic acid groups (broad SMARTS) is 1. The maximum atomic E-state index is 12.4. The van der Waals surface area contributed by atoms with Gasteiger partial charge in [-0.1, -0.05) is 34.1 Å². The number of carboxylic acids is 1. The predicted octanol–water partition coefficient (Wildman–Crippen LogP) is 3.95. The Kier molecular flexibility index (Phi) is 4.50. The Balaban J connectivity index is 2.30. The van der Waals surface area contributed by atoms with Gasteiger partial charge in [0.25, 0.3) is 0 Å². The van der Waals surface area contributed by atoms with Crippen molar-refractivity contribution in [2.24, 2.45) is 0 Å². The van der Waals surface area contributed by atoms with Crippen LogP contribution in [0.2, 0.25) is 0 Å². The van der Waals surface area contributed by atoms with E-state index < -0.39 is 11.9 Å². The van der Waals surface area contributed by atoms with Gasteiger partial charge in [-0.2, -0.15) is 0 Å². The summed E-state index contributed by atoms with van der Waals surface area (Å²) in [5.41, 5.74) is 0.530. The minimum Gasteiger partial charge on any atom is -0.481 e. The molecule has 0 radical (unpaired) electrons. The lowest BCUT2D eigenvalue weighted by molar-refractivity contribution is -0.137. The first kappa shape index (κ1) is 14.0. The monoisotopic (exact) mass is 338 g/mol. The SMILES string of the molecule is O=C(O)CC(C(=O)c1ccc(Br)cc1)c1cccs1. The topological polar surface area (TPSA) is 54.4 Å². The second kappa shape index (κ2) is 6.12. The molecule has 19 heavy (non-hydrogen) atoms. The highest BCUT2D eigenvalue weighted by molar-refractivity contribution is 9.10. The Labute approximate surface area is 123 Å². The Morgan fingerprint density at radius 3 is 2.42 bits per heavy atom. The first-order valence-corrected chi connectivity index (χ1v) is 7.30. The predicted molar refractivity (Wildman–Crippen MR) is 77.8 cm³/mol. The molecule has 0 saturated heterocycles. The number of thiophene rings is 1. The summed E-state index contributed by atoms with van der Waals surface area (Å²) in [6.45, 7) is 0. The van der Waals surface area contributed by atoms with Gasteiger partial charge in [-0.15, -0.1) is 11.3 Å². The molecule has 1 aromatic carbocycles. The highest BCUT2D eigenvalue weighted by Crippen LogP contribution is 2.28. The van der Waals surface area contributed by atoms with Crippen molar-refractivity contribution in [1.82, 2.24) is 0 Å². The summed E-state index contributed by atoms with van der Waals surface area (Å²) in [7, 11) is 0. The minimum atomic E-state index is -0.969. The maximum Gasteiger partial charge on any atom is 0.304 e. The smallest absolute Gasteiger partial charge is 0.304 e. The zero-order valence-corrected chi connectivity index (χ0v) is 12.3. The van der Waals surface area contributed by atoms with Crippen LogP contribution in [0.15, 0.2) is 46.3 Å². The second-order valence-electron chi connectivity index (χ2n) is 4.04. The molecule has 0 saturated carbocycles. The molecule has 0 aliphatic rings. The highest BCUT2D eigenvalue weighted by Gasteiger charge is 2.25. The van der Waals surface area contributed by atoms with Crippen LogP contribution >= 0.6 is 27.3 Å². The molecule has 3 nitrogen and oxygen atoms in total. The molecule has 1 N–H and O–H groups in total. The van der Waals surface area contributed by atoms with E-state index in [2.05, 4.69) is 15.9 Å². The largest absolute Gasteiger partial charge is 0.481 e. The lowest BCUT2D eigenvalue weighted by Crippen LogP contribution is -2.15. The molecular weight excluding hydrogens is 328 g/mol. The summed E-state index contributed by atoms with van der Waals surface area (Å²) in [4.78, 5) is 24.1. The van der Waals surface area contributed by atoms with E-state index in [4.69, 9.17) is 5.11 Å². The van der Waals surface area contributed by atoms with Crippen molar-refractivity contribution in [2.45, 2.75) is 12.3 Å². The summed E-state index contributed by atoms with van der Waals surface area (Å²) in [6, 6.07) is 10.6. The highest BCUT2D eigenvalue weighted by atomic mass is 79.9. The average Bonchev–Trinajstić information content (AvgIpc) is 2.89. The van der Waals surface area contributed by atoms with Crippen LogP contribution in [0.1, 0.15) is 27.6 Å². The molecule has 5 heteroatoms. The Morgan fingerprint density at radius 1 is 1.21 bits per heavy atom. The molecule has 0 bridgehead atoms. The van der Waals surface area contributed by atoms with Crippen LogP contribution in [0.3, 0.4) is 0 Å². The normalized spacial score (nSPS) is 12.1. The summed E-state index contributed by atoms with van der Waals surface area (Å²) in [6.07, 6.45) is -0.185. The summed E-state index contributed by atoms with van der Waals surface area (Å²) in [5, 5.41) is 10.8. The van der Waals surface area contributed by atoms with Crippen molar-refractivity contribution in [1.29, 1.82) is 0 Å². The maximum absolute atomic E-state index is 12.4. The third kappa shape index (κ3) is 3.52. The third-order valence-corrected chi connectivity index (χ3v) is 4.23. The van der Waals surface area contributed by atoms with E-state index in [9.17, 15) is 9.59 Å². The van der Waals surface area contributed by atoms with E-state index in [0.29, 0.717) is 5.56 Å². The van der Waals surface area contributed by atoms with Crippen molar-refractivity contribution in [3.05, 3.63) is 56.7 Å². The molecule has 98 valence electrons. The lowest BCUT2D eigenvalue weighted by atomic mass is 9.93. The van der Waals surface area contributed by atoms with Crippen LogP contribution in [-0.4, -0.2) is 16.9 Å². The molecule has 0 fully saturated rings. The molecule has 2 rings (SSSR count). The molecule has 1 atom stereocenters. The molecule has 0 amide bonds. The number of carbonyl (C=O) groups excluding carboxylic acids is 1. The fourth-order valence-corrected chi connectivity index (χ4v) is 2.89. The number of ketones is 1. The number of hydrogen-bond donors (Lipinski definition) is 1. The number of Topliss-reactive ketones (excluding diaryl/α,β-unsaturated/α-hetero) is 1. The Morgan fingerprint density at radius 2 is 1.89 bits per heavy atom. The van der Waals surface area contributed by atoms with E-state index in [-0.39, 0.29) is 12.2 Å². The van der Waals surface area contributed by atoms with Crippen molar-refractivity contribution >= 4 is 39.0 Å². The average molecular weight is 339 g/mol. The quantitative estimate of drug-likeness (QED) is 0.839. The lowest BCUT2D eigenvalue weighted by Gasteiger charge is -2.12. The molecule has 0 aliphatic carbocycles. The van der Waals surface area contributed by atoms with Crippen molar-refractivity contribution in [3.8, 4) is 0 Å². The standard InChI is InChI=1S/C14H11BrO3S/c15-10-5-3-9(4-6-10)14(18)11(8-13(16)17)12-2-1-7-19-12/h1-7,11H,8H2,(H,16,17). The molecule has 1 heterocycles. The van der Waals surface area contributed by atoms with Crippen LogP contribution in [0.25, 0.3) is 0 Å². The van der Waals surface area contributed by atoms with Crippen LogP contribution in [0, 0.1) is 0 Å². The van der Waals surface area contributed by atoms with E-state index in [0.717, 1.165) is 9.35 Å². The summed E-state index contributed by atoms with van der Waals surface area (Å²) >= 11 is 4.71. The van der Waals surface area contributed by atoms with Crippen LogP contribution in [0.4, 0.5) is 0 Å². The van der Waals surface area contributed by atoms with Crippen LogP contribution in [0.5, 0.6) is 0 Å². The van der Waals surface area contributed by atoms with E-state index in [1.807, 2.05) is 11.4 Å². The summed E-state index contributed by atoms with van der Waals surface area (Å²) in [5.74, 6) is -1.74. The zero-order valence-electron chi connectivity index (χ0n) is 9.88. The number of halogens is 1. The number of aliphatic carboxylic acids is 1. The Bertz CT molecular complexity index is 575. The second-order valence-corrected chi connectivity index (χ2v) is 5.93. The van der Waals surface area contributed by atoms with Gasteiger partial charge in [-0.05, 0) is 23.6 Å². The van der Waals surface area contributed by atoms with Gasteiger partial charge in [0, 0.05) is 14.9 Å². The van der Waals surface area contributed by atoms with Gasteiger partial charge in [0.2, 0.25) is 0 Å². The first-order valence-electron chi connectivity index (χ1n) is 5.63. The zero-order chi connectivity index (χ0) is 13.8. The summed E-state index contributed by atoms with van der Waals surface area (Å²) < 4.78 is 0.884. The van der Waals surface area contributed by atoms with Gasteiger partial charge < -0.3 is 5.11 Å². The molecule has 1 unspecified atom stereocenters. The van der Waals surface area contributed by atoms with E-state index in [1.54, 1.807) is 30.3 Å². The Hall–Kier alpha value is -1.46. The van der Waals surface area contributed by atoms with Crippen LogP contribution < -0.4 is 0 Å². The third-order valence-electron chi connectivity index (χ3n) is 2.71. The van der Waals surface area contributed by atoms with Gasteiger partial charge >= 0.3 is 5.97 Å². The van der Waals surface area contributed by atoms with Gasteiger partial charge in [0.05, 0.1) is 12.3 Å². The molecule has 1 aromatic heterocycles. The molecular formula is C14H11BrO3S. The fourth-order valence-electron chi connectivity index (χ4n) is 1.80. The van der Waals surface area contributed by atoms with Crippen molar-refractivity contribution in [2.75, 3.05) is 0 Å².